The Labute approximate surface area is 126 Å². The molecule has 3 aromatic rings. The molecule has 108 valence electrons. The Balaban J connectivity index is 1.69. The summed E-state index contributed by atoms with van der Waals surface area (Å²) >= 11 is 1.19. The molecule has 3 rings (SSSR count). The van der Waals surface area contributed by atoms with Gasteiger partial charge in [0.1, 0.15) is 9.90 Å². The minimum atomic E-state index is -3.45. The van der Waals surface area contributed by atoms with E-state index in [1.807, 2.05) is 12.1 Å². The van der Waals surface area contributed by atoms with Gasteiger partial charge in [-0.1, -0.05) is 12.1 Å². The number of hydrogen-bond donors (Lipinski definition) is 1. The quantitative estimate of drug-likeness (QED) is 0.784. The number of rotatable bonds is 5. The van der Waals surface area contributed by atoms with Gasteiger partial charge >= 0.3 is 0 Å². The molecule has 0 radical (unpaired) electrons. The number of furan rings is 1. The highest BCUT2D eigenvalue weighted by molar-refractivity contribution is 7.91. The molecule has 0 bridgehead atoms. The lowest BCUT2D eigenvalue weighted by molar-refractivity contribution is 0.579. The summed E-state index contributed by atoms with van der Waals surface area (Å²) in [4.78, 5) is 4.26. The average Bonchev–Trinajstić information content (AvgIpc) is 3.19. The molecule has 0 aliphatic rings. The molecule has 0 atom stereocenters. The van der Waals surface area contributed by atoms with Gasteiger partial charge in [-0.25, -0.2) is 13.1 Å². The van der Waals surface area contributed by atoms with Crippen LogP contribution in [-0.2, 0) is 16.6 Å². The van der Waals surface area contributed by atoms with Crippen LogP contribution in [-0.4, -0.2) is 13.4 Å². The zero-order chi connectivity index (χ0) is 14.7. The standard InChI is InChI=1S/C14H12N2O3S2/c17-21(18,14-4-2-8-20-14)16-10-11-5-6-12(15-9-11)13-3-1-7-19-13/h1-9,16H,10H2. The van der Waals surface area contributed by atoms with Crippen molar-refractivity contribution < 1.29 is 12.8 Å². The minimum Gasteiger partial charge on any atom is -0.463 e. The van der Waals surface area contributed by atoms with E-state index >= 15 is 0 Å². The normalized spacial score (nSPS) is 11.6. The van der Waals surface area contributed by atoms with Crippen molar-refractivity contribution in [2.24, 2.45) is 0 Å². The first-order valence-corrected chi connectivity index (χ1v) is 8.53. The summed E-state index contributed by atoms with van der Waals surface area (Å²) < 4.78 is 32.1. The van der Waals surface area contributed by atoms with Crippen LogP contribution in [0.2, 0.25) is 0 Å². The topological polar surface area (TPSA) is 72.2 Å². The number of nitrogens with zero attached hydrogens (tertiary/aromatic N) is 1. The highest BCUT2D eigenvalue weighted by atomic mass is 32.2. The summed E-state index contributed by atoms with van der Waals surface area (Å²) in [5.74, 6) is 0.681. The summed E-state index contributed by atoms with van der Waals surface area (Å²) in [7, 11) is -3.45. The number of pyridine rings is 1. The van der Waals surface area contributed by atoms with Gasteiger partial charge in [0.05, 0.1) is 6.26 Å². The lowest BCUT2D eigenvalue weighted by Crippen LogP contribution is -2.22. The molecule has 3 aromatic heterocycles. The van der Waals surface area contributed by atoms with Gasteiger partial charge in [0.2, 0.25) is 10.0 Å². The van der Waals surface area contributed by atoms with Crippen molar-refractivity contribution >= 4 is 21.4 Å². The second-order valence-electron chi connectivity index (χ2n) is 4.29. The van der Waals surface area contributed by atoms with Gasteiger partial charge in [0.15, 0.2) is 5.76 Å². The van der Waals surface area contributed by atoms with Gasteiger partial charge in [-0.15, -0.1) is 11.3 Å². The minimum absolute atomic E-state index is 0.200. The van der Waals surface area contributed by atoms with E-state index in [2.05, 4.69) is 9.71 Å². The molecule has 0 spiro atoms. The largest absolute Gasteiger partial charge is 0.463 e. The molecule has 21 heavy (non-hydrogen) atoms. The van der Waals surface area contributed by atoms with E-state index in [1.54, 1.807) is 42.1 Å². The van der Waals surface area contributed by atoms with Crippen molar-refractivity contribution in [2.45, 2.75) is 10.8 Å². The van der Waals surface area contributed by atoms with E-state index in [9.17, 15) is 8.42 Å². The molecular formula is C14H12N2O3S2. The molecule has 5 nitrogen and oxygen atoms in total. The Hall–Kier alpha value is -1.96. The van der Waals surface area contributed by atoms with E-state index in [0.29, 0.717) is 15.7 Å². The molecule has 0 aliphatic carbocycles. The summed E-state index contributed by atoms with van der Waals surface area (Å²) in [5.41, 5.74) is 1.50. The van der Waals surface area contributed by atoms with Crippen molar-refractivity contribution in [3.8, 4) is 11.5 Å². The molecule has 0 fully saturated rings. The van der Waals surface area contributed by atoms with Crippen molar-refractivity contribution in [3.63, 3.8) is 0 Å². The van der Waals surface area contributed by atoms with Crippen LogP contribution in [0.1, 0.15) is 5.56 Å². The third kappa shape index (κ3) is 3.21. The van der Waals surface area contributed by atoms with Crippen molar-refractivity contribution in [2.75, 3.05) is 0 Å². The van der Waals surface area contributed by atoms with Crippen LogP contribution in [0, 0.1) is 0 Å². The number of nitrogens with one attached hydrogen (secondary N) is 1. The van der Waals surface area contributed by atoms with Gasteiger partial charge in [-0.05, 0) is 35.2 Å². The number of thiophene rings is 1. The Morgan fingerprint density at radius 2 is 2.10 bits per heavy atom. The summed E-state index contributed by atoms with van der Waals surface area (Å²) in [6.45, 7) is 0.200. The van der Waals surface area contributed by atoms with Gasteiger partial charge in [-0.3, -0.25) is 4.98 Å². The zero-order valence-corrected chi connectivity index (χ0v) is 12.5. The summed E-state index contributed by atoms with van der Waals surface area (Å²) in [6.07, 6.45) is 3.22. The van der Waals surface area contributed by atoms with Crippen molar-refractivity contribution in [1.29, 1.82) is 0 Å². The van der Waals surface area contributed by atoms with Crippen LogP contribution in [0.15, 0.2) is 62.9 Å². The van der Waals surface area contributed by atoms with Crippen LogP contribution in [0.4, 0.5) is 0 Å². The second-order valence-corrected chi connectivity index (χ2v) is 7.23. The predicted molar refractivity (Wildman–Crippen MR) is 80.3 cm³/mol. The molecule has 0 saturated heterocycles. The number of aromatic nitrogens is 1. The van der Waals surface area contributed by atoms with Gasteiger partial charge in [0, 0.05) is 12.7 Å². The van der Waals surface area contributed by atoms with Crippen molar-refractivity contribution in [3.05, 3.63) is 59.8 Å². The fourth-order valence-corrected chi connectivity index (χ4v) is 3.82. The molecule has 7 heteroatoms. The Bertz CT molecular complexity index is 793. The first-order chi connectivity index (χ1) is 10.1. The Morgan fingerprint density at radius 1 is 1.19 bits per heavy atom. The van der Waals surface area contributed by atoms with E-state index in [1.165, 1.54) is 11.3 Å². The third-order valence-electron chi connectivity index (χ3n) is 2.82. The molecule has 0 amide bonds. The molecule has 0 aliphatic heterocycles. The lowest BCUT2D eigenvalue weighted by Gasteiger charge is -2.05. The highest BCUT2D eigenvalue weighted by Crippen LogP contribution is 2.18. The summed E-state index contributed by atoms with van der Waals surface area (Å²) in [6, 6.07) is 10.5. The lowest BCUT2D eigenvalue weighted by atomic mass is 10.2. The number of hydrogen-bond acceptors (Lipinski definition) is 5. The molecule has 0 saturated carbocycles. The van der Waals surface area contributed by atoms with Crippen LogP contribution in [0.3, 0.4) is 0 Å². The molecule has 0 aromatic carbocycles. The molecule has 0 unspecified atom stereocenters. The van der Waals surface area contributed by atoms with Crippen LogP contribution < -0.4 is 4.72 Å². The molecule has 3 heterocycles. The second kappa shape index (κ2) is 5.80. The van der Waals surface area contributed by atoms with E-state index in [0.717, 1.165) is 5.56 Å². The third-order valence-corrected chi connectivity index (χ3v) is 5.62. The highest BCUT2D eigenvalue weighted by Gasteiger charge is 2.14. The first-order valence-electron chi connectivity index (χ1n) is 6.17. The van der Waals surface area contributed by atoms with Crippen LogP contribution in [0.25, 0.3) is 11.5 Å². The van der Waals surface area contributed by atoms with Gasteiger partial charge < -0.3 is 4.42 Å². The van der Waals surface area contributed by atoms with Crippen LogP contribution >= 0.6 is 11.3 Å². The van der Waals surface area contributed by atoms with Crippen molar-refractivity contribution in [1.82, 2.24) is 9.71 Å². The van der Waals surface area contributed by atoms with E-state index in [-0.39, 0.29) is 6.54 Å². The molecule has 1 N–H and O–H groups in total. The number of sulfonamides is 1. The van der Waals surface area contributed by atoms with Gasteiger partial charge in [0.25, 0.3) is 0 Å². The smallest absolute Gasteiger partial charge is 0.250 e. The van der Waals surface area contributed by atoms with Crippen LogP contribution in [0.5, 0.6) is 0 Å². The zero-order valence-electron chi connectivity index (χ0n) is 10.9. The monoisotopic (exact) mass is 320 g/mol. The maximum atomic E-state index is 12.0. The Kier molecular flexibility index (Phi) is 3.87. The maximum absolute atomic E-state index is 12.0. The first kappa shape index (κ1) is 14.0. The van der Waals surface area contributed by atoms with E-state index < -0.39 is 10.0 Å². The maximum Gasteiger partial charge on any atom is 0.250 e. The molecular weight excluding hydrogens is 308 g/mol. The predicted octanol–water partition coefficient (Wildman–Crippen LogP) is 2.88. The summed E-state index contributed by atoms with van der Waals surface area (Å²) in [5, 5.41) is 1.73. The fraction of sp³-hybridized carbons (Fsp3) is 0.0714. The Morgan fingerprint density at radius 3 is 2.71 bits per heavy atom. The fourth-order valence-electron chi connectivity index (χ4n) is 1.76. The van der Waals surface area contributed by atoms with Gasteiger partial charge in [-0.2, -0.15) is 0 Å². The average molecular weight is 320 g/mol. The SMILES string of the molecule is O=S(=O)(NCc1ccc(-c2ccco2)nc1)c1cccs1. The van der Waals surface area contributed by atoms with E-state index in [4.69, 9.17) is 4.42 Å².